The summed E-state index contributed by atoms with van der Waals surface area (Å²) in [6, 6.07) is 7.14. The predicted octanol–water partition coefficient (Wildman–Crippen LogP) is 1.50. The molecule has 3 rings (SSSR count). The number of carboxylic acid groups (broad SMARTS) is 1. The number of benzene rings is 1. The smallest absolute Gasteiger partial charge is 0.307 e. The second kappa shape index (κ2) is 8.60. The van der Waals surface area contributed by atoms with Crippen LogP contribution in [0.2, 0.25) is 0 Å². The zero-order valence-corrected chi connectivity index (χ0v) is 15.8. The molecule has 0 aliphatic carbocycles. The lowest BCUT2D eigenvalue weighted by Gasteiger charge is -2.32. The predicted molar refractivity (Wildman–Crippen MR) is 98.0 cm³/mol. The fraction of sp³-hybridized carbons (Fsp3) is 0.556. The standard InChI is InChI=1S/C18H24N2O5.ClH/c1-12(20-8-7-13(9-20)18(22)23)17(21)19(2)10-14-11-24-15-5-3-4-6-16(15)25-14;/h3-6,12-14H,7-11H2,1-2H3,(H,22,23);1H. The van der Waals surface area contributed by atoms with Crippen LogP contribution in [0, 0.1) is 5.92 Å². The maximum Gasteiger partial charge on any atom is 0.307 e. The van der Waals surface area contributed by atoms with Crippen LogP contribution in [-0.4, -0.2) is 72.2 Å². The quantitative estimate of drug-likeness (QED) is 0.828. The molecular weight excluding hydrogens is 360 g/mol. The number of halogens is 1. The second-order valence-corrected chi connectivity index (χ2v) is 6.71. The SMILES string of the molecule is CC(C(=O)N(C)CC1COc2ccccc2O1)N1CCC(C(=O)O)C1.Cl. The number of hydrogen-bond acceptors (Lipinski definition) is 5. The van der Waals surface area contributed by atoms with Crippen molar-refractivity contribution in [1.29, 1.82) is 0 Å². The normalized spacial score (nSPS) is 23.0. The van der Waals surface area contributed by atoms with Gasteiger partial charge in [-0.25, -0.2) is 0 Å². The highest BCUT2D eigenvalue weighted by atomic mass is 35.5. The van der Waals surface area contributed by atoms with Gasteiger partial charge in [0.2, 0.25) is 5.91 Å². The van der Waals surface area contributed by atoms with Gasteiger partial charge in [0.15, 0.2) is 17.6 Å². The van der Waals surface area contributed by atoms with Crippen molar-refractivity contribution in [3.05, 3.63) is 24.3 Å². The number of likely N-dealkylation sites (tertiary alicyclic amines) is 1. The fourth-order valence-electron chi connectivity index (χ4n) is 3.36. The van der Waals surface area contributed by atoms with Crippen molar-refractivity contribution in [2.75, 3.05) is 33.3 Å². The van der Waals surface area contributed by atoms with Crippen molar-refractivity contribution < 1.29 is 24.2 Å². The number of aliphatic carboxylic acids is 1. The molecule has 2 aliphatic rings. The summed E-state index contributed by atoms with van der Waals surface area (Å²) in [5.74, 6) is 0.205. The first-order chi connectivity index (χ1) is 12.0. The van der Waals surface area contributed by atoms with Crippen LogP contribution in [0.25, 0.3) is 0 Å². The van der Waals surface area contributed by atoms with Crippen LogP contribution in [0.4, 0.5) is 0 Å². The van der Waals surface area contributed by atoms with Crippen LogP contribution in [0.3, 0.4) is 0 Å². The molecule has 0 aromatic heterocycles. The van der Waals surface area contributed by atoms with Gasteiger partial charge in [-0.2, -0.15) is 0 Å². The zero-order chi connectivity index (χ0) is 18.0. The Morgan fingerprint density at radius 3 is 2.69 bits per heavy atom. The van der Waals surface area contributed by atoms with Gasteiger partial charge in [-0.3, -0.25) is 14.5 Å². The fourth-order valence-corrected chi connectivity index (χ4v) is 3.36. The van der Waals surface area contributed by atoms with Crippen molar-refractivity contribution in [1.82, 2.24) is 9.80 Å². The van der Waals surface area contributed by atoms with Crippen molar-refractivity contribution in [3.8, 4) is 11.5 Å². The van der Waals surface area contributed by atoms with Gasteiger partial charge in [0.05, 0.1) is 18.5 Å². The molecule has 7 nitrogen and oxygen atoms in total. The van der Waals surface area contributed by atoms with Gasteiger partial charge >= 0.3 is 5.97 Å². The largest absolute Gasteiger partial charge is 0.486 e. The summed E-state index contributed by atoms with van der Waals surface area (Å²) < 4.78 is 11.6. The summed E-state index contributed by atoms with van der Waals surface area (Å²) >= 11 is 0. The molecule has 0 bridgehead atoms. The molecule has 144 valence electrons. The summed E-state index contributed by atoms with van der Waals surface area (Å²) in [4.78, 5) is 27.3. The molecule has 0 radical (unpaired) electrons. The second-order valence-electron chi connectivity index (χ2n) is 6.71. The van der Waals surface area contributed by atoms with Gasteiger partial charge in [0.1, 0.15) is 6.61 Å². The third kappa shape index (κ3) is 4.40. The summed E-state index contributed by atoms with van der Waals surface area (Å²) in [6.45, 7) is 3.71. The van der Waals surface area contributed by atoms with E-state index in [1.54, 1.807) is 11.9 Å². The number of carboxylic acids is 1. The topological polar surface area (TPSA) is 79.3 Å². The van der Waals surface area contributed by atoms with E-state index >= 15 is 0 Å². The molecule has 1 saturated heterocycles. The number of rotatable bonds is 5. The zero-order valence-electron chi connectivity index (χ0n) is 15.0. The minimum atomic E-state index is -0.790. The van der Waals surface area contributed by atoms with E-state index in [1.807, 2.05) is 36.1 Å². The molecule has 0 saturated carbocycles. The van der Waals surface area contributed by atoms with E-state index in [0.717, 1.165) is 5.75 Å². The molecule has 1 aromatic carbocycles. The third-order valence-electron chi connectivity index (χ3n) is 4.90. The van der Waals surface area contributed by atoms with Crippen molar-refractivity contribution in [3.63, 3.8) is 0 Å². The number of hydrogen-bond donors (Lipinski definition) is 1. The Balaban J connectivity index is 0.00000243. The van der Waals surface area contributed by atoms with E-state index in [-0.39, 0.29) is 36.4 Å². The number of carbonyl (C=O) groups excluding carboxylic acids is 1. The number of fused-ring (bicyclic) bond motifs is 1. The molecule has 3 atom stereocenters. The van der Waals surface area contributed by atoms with E-state index < -0.39 is 5.97 Å². The van der Waals surface area contributed by atoms with Crippen LogP contribution in [0.5, 0.6) is 11.5 Å². The van der Waals surface area contributed by atoms with E-state index in [1.165, 1.54) is 0 Å². The lowest BCUT2D eigenvalue weighted by molar-refractivity contribution is -0.142. The minimum Gasteiger partial charge on any atom is -0.486 e. The minimum absolute atomic E-state index is 0. The maximum atomic E-state index is 12.7. The van der Waals surface area contributed by atoms with Crippen molar-refractivity contribution in [2.24, 2.45) is 5.92 Å². The molecule has 1 N–H and O–H groups in total. The van der Waals surface area contributed by atoms with Crippen LogP contribution < -0.4 is 9.47 Å². The van der Waals surface area contributed by atoms with Crippen LogP contribution in [0.15, 0.2) is 24.3 Å². The van der Waals surface area contributed by atoms with E-state index in [9.17, 15) is 9.59 Å². The van der Waals surface area contributed by atoms with Gasteiger partial charge < -0.3 is 19.5 Å². The first-order valence-electron chi connectivity index (χ1n) is 8.56. The molecular formula is C18H25ClN2O5. The lowest BCUT2D eigenvalue weighted by atomic mass is 10.1. The molecule has 1 fully saturated rings. The Morgan fingerprint density at radius 1 is 1.35 bits per heavy atom. The number of amides is 1. The molecule has 1 aromatic rings. The summed E-state index contributed by atoms with van der Waals surface area (Å²) in [6.07, 6.45) is 0.369. The highest BCUT2D eigenvalue weighted by Crippen LogP contribution is 2.31. The highest BCUT2D eigenvalue weighted by molar-refractivity contribution is 5.85. The number of nitrogens with zero attached hydrogens (tertiary/aromatic N) is 2. The molecule has 26 heavy (non-hydrogen) atoms. The molecule has 1 amide bonds. The Labute approximate surface area is 159 Å². The number of ether oxygens (including phenoxy) is 2. The molecule has 2 heterocycles. The number of para-hydroxylation sites is 2. The maximum absolute atomic E-state index is 12.7. The van der Waals surface area contributed by atoms with Crippen LogP contribution in [-0.2, 0) is 9.59 Å². The Kier molecular flexibility index (Phi) is 6.72. The van der Waals surface area contributed by atoms with E-state index in [2.05, 4.69) is 0 Å². The summed E-state index contributed by atoms with van der Waals surface area (Å²) in [7, 11) is 1.74. The van der Waals surface area contributed by atoms with E-state index in [4.69, 9.17) is 14.6 Å². The molecule has 2 aliphatic heterocycles. The Bertz CT molecular complexity index is 656. The third-order valence-corrected chi connectivity index (χ3v) is 4.90. The van der Waals surface area contributed by atoms with Gasteiger partial charge in [-0.15, -0.1) is 12.4 Å². The average Bonchev–Trinajstić information content (AvgIpc) is 3.10. The molecule has 0 spiro atoms. The van der Waals surface area contributed by atoms with Gasteiger partial charge in [0.25, 0.3) is 0 Å². The Morgan fingerprint density at radius 2 is 2.04 bits per heavy atom. The average molecular weight is 385 g/mol. The molecule has 8 heteroatoms. The Hall–Kier alpha value is -1.99. The van der Waals surface area contributed by atoms with Crippen molar-refractivity contribution in [2.45, 2.75) is 25.5 Å². The van der Waals surface area contributed by atoms with Crippen LogP contribution in [0.1, 0.15) is 13.3 Å². The first-order valence-corrected chi connectivity index (χ1v) is 8.56. The van der Waals surface area contributed by atoms with Gasteiger partial charge in [0, 0.05) is 13.6 Å². The van der Waals surface area contributed by atoms with Crippen molar-refractivity contribution >= 4 is 24.3 Å². The van der Waals surface area contributed by atoms with Crippen LogP contribution >= 0.6 is 12.4 Å². The summed E-state index contributed by atoms with van der Waals surface area (Å²) in [5, 5.41) is 9.10. The summed E-state index contributed by atoms with van der Waals surface area (Å²) in [5.41, 5.74) is 0. The van der Waals surface area contributed by atoms with Gasteiger partial charge in [-0.05, 0) is 32.0 Å². The van der Waals surface area contributed by atoms with Gasteiger partial charge in [-0.1, -0.05) is 12.1 Å². The lowest BCUT2D eigenvalue weighted by Crippen LogP contribution is -2.49. The van der Waals surface area contributed by atoms with E-state index in [0.29, 0.717) is 38.4 Å². The monoisotopic (exact) mass is 384 g/mol. The first kappa shape index (κ1) is 20.3. The highest BCUT2D eigenvalue weighted by Gasteiger charge is 2.34. The molecule has 3 unspecified atom stereocenters. The number of likely N-dealkylation sites (N-methyl/N-ethyl adjacent to an activating group) is 1. The number of carbonyl (C=O) groups is 2.